The van der Waals surface area contributed by atoms with E-state index >= 15 is 0 Å². The molecule has 1 atom stereocenters. The van der Waals surface area contributed by atoms with Gasteiger partial charge in [-0.1, -0.05) is 19.8 Å². The summed E-state index contributed by atoms with van der Waals surface area (Å²) in [6.45, 7) is 6.57. The molecule has 10 nitrogen and oxygen atoms in total. The fraction of sp³-hybridized carbons (Fsp3) is 0.571. The van der Waals surface area contributed by atoms with E-state index in [1.54, 1.807) is 30.3 Å². The van der Waals surface area contributed by atoms with Crippen molar-refractivity contribution in [2.75, 3.05) is 41.9 Å². The van der Waals surface area contributed by atoms with Crippen LogP contribution in [0.2, 0.25) is 0 Å². The maximum absolute atomic E-state index is 13.4. The van der Waals surface area contributed by atoms with E-state index in [0.717, 1.165) is 56.7 Å². The average molecular weight is 648 g/mol. The number of rotatable bonds is 8. The number of methoxy groups -OCH3 is 1. The number of ether oxygens (including phenoxy) is 1. The summed E-state index contributed by atoms with van der Waals surface area (Å²) in [5.41, 5.74) is 1.99. The Kier molecular flexibility index (Phi) is 8.75. The highest BCUT2D eigenvalue weighted by atomic mass is 127. The molecule has 3 aliphatic rings. The molecule has 2 aliphatic heterocycles. The van der Waals surface area contributed by atoms with Crippen molar-refractivity contribution >= 4 is 57.8 Å². The largest absolute Gasteiger partial charge is 0.495 e. The van der Waals surface area contributed by atoms with E-state index in [9.17, 15) is 9.59 Å². The molecule has 1 aromatic carbocycles. The van der Waals surface area contributed by atoms with Gasteiger partial charge in [-0.2, -0.15) is 4.98 Å². The van der Waals surface area contributed by atoms with Crippen LogP contribution in [0.15, 0.2) is 24.4 Å². The number of nitrogens with zero attached hydrogens (tertiary/aromatic N) is 5. The first-order chi connectivity index (χ1) is 18.9. The van der Waals surface area contributed by atoms with Gasteiger partial charge in [-0.25, -0.2) is 8.10 Å². The number of fused-ring (bicyclic) bond motifs is 1. The third-order valence-electron chi connectivity index (χ3n) is 8.08. The molecule has 0 radical (unpaired) electrons. The minimum atomic E-state index is -0.222. The van der Waals surface area contributed by atoms with Gasteiger partial charge in [-0.05, 0) is 57.2 Å². The topological polar surface area (TPSA) is 103 Å². The minimum Gasteiger partial charge on any atom is -0.495 e. The summed E-state index contributed by atoms with van der Waals surface area (Å²) in [7, 11) is 1.59. The lowest BCUT2D eigenvalue weighted by atomic mass is 10.0. The smallest absolute Gasteiger partial charge is 0.251 e. The van der Waals surface area contributed by atoms with Crippen molar-refractivity contribution in [1.82, 2.24) is 18.4 Å². The SMILES string of the molecule is CCC1C(=O)N(CC)c2cnc(Nc3ccc(C(=O)NC4CCN(I)CC4)cc3OC)nc2N1C1CCCC1. The van der Waals surface area contributed by atoms with E-state index in [0.29, 0.717) is 35.5 Å². The van der Waals surface area contributed by atoms with Crippen LogP contribution in [0.5, 0.6) is 5.75 Å². The zero-order chi connectivity index (χ0) is 27.5. The van der Waals surface area contributed by atoms with Crippen molar-refractivity contribution in [2.24, 2.45) is 0 Å². The summed E-state index contributed by atoms with van der Waals surface area (Å²) in [6, 6.07) is 5.63. The molecule has 2 fully saturated rings. The predicted molar refractivity (Wildman–Crippen MR) is 161 cm³/mol. The number of benzene rings is 1. The first-order valence-electron chi connectivity index (χ1n) is 14.1. The van der Waals surface area contributed by atoms with Crippen molar-refractivity contribution in [3.05, 3.63) is 30.0 Å². The Morgan fingerprint density at radius 1 is 1.15 bits per heavy atom. The van der Waals surface area contributed by atoms with E-state index < -0.39 is 0 Å². The lowest BCUT2D eigenvalue weighted by Crippen LogP contribution is -2.56. The summed E-state index contributed by atoms with van der Waals surface area (Å²) in [4.78, 5) is 39.9. The molecule has 3 heterocycles. The minimum absolute atomic E-state index is 0.0982. The Morgan fingerprint density at radius 3 is 2.56 bits per heavy atom. The first-order valence-corrected chi connectivity index (χ1v) is 15.0. The molecule has 1 unspecified atom stereocenters. The molecule has 1 saturated carbocycles. The summed E-state index contributed by atoms with van der Waals surface area (Å²) < 4.78 is 7.89. The Bertz CT molecular complexity index is 1200. The molecule has 1 saturated heterocycles. The Balaban J connectivity index is 1.39. The number of aromatic nitrogens is 2. The van der Waals surface area contributed by atoms with Gasteiger partial charge in [-0.15, -0.1) is 0 Å². The van der Waals surface area contributed by atoms with Gasteiger partial charge in [0.25, 0.3) is 5.91 Å². The second-order valence-electron chi connectivity index (χ2n) is 10.5. The molecule has 1 aromatic heterocycles. The van der Waals surface area contributed by atoms with Crippen LogP contribution < -0.4 is 25.2 Å². The van der Waals surface area contributed by atoms with Crippen molar-refractivity contribution in [2.45, 2.75) is 76.9 Å². The van der Waals surface area contributed by atoms with E-state index in [2.05, 4.69) is 53.4 Å². The third kappa shape index (κ3) is 5.79. The van der Waals surface area contributed by atoms with Gasteiger partial charge in [-0.3, -0.25) is 9.59 Å². The van der Waals surface area contributed by atoms with Gasteiger partial charge in [0.05, 0.1) is 19.0 Å². The second kappa shape index (κ2) is 12.2. The van der Waals surface area contributed by atoms with Gasteiger partial charge in [0.15, 0.2) is 5.82 Å². The molecule has 39 heavy (non-hydrogen) atoms. The van der Waals surface area contributed by atoms with E-state index in [4.69, 9.17) is 9.72 Å². The zero-order valence-electron chi connectivity index (χ0n) is 23.0. The molecule has 11 heteroatoms. The standard InChI is InChI=1S/C28H38IN7O3/c1-4-22-27(38)35(5-2)23-17-30-28(33-25(23)36(22)20-8-6-7-9-20)32-21-11-10-18(16-24(21)39-3)26(37)31-19-12-14-34(29)15-13-19/h10-11,16-17,19-20,22H,4-9,12-15H2,1-3H3,(H,31,37)(H,30,32,33). The molecule has 2 amide bonds. The molecule has 1 aliphatic carbocycles. The molecule has 0 bridgehead atoms. The fourth-order valence-electron chi connectivity index (χ4n) is 6.00. The maximum atomic E-state index is 13.4. The third-order valence-corrected chi connectivity index (χ3v) is 9.04. The molecular weight excluding hydrogens is 609 g/mol. The number of hydrogen-bond donors (Lipinski definition) is 2. The highest BCUT2D eigenvalue weighted by molar-refractivity contribution is 14.1. The molecular formula is C28H38IN7O3. The first kappa shape index (κ1) is 27.9. The number of carbonyl (C=O) groups excluding carboxylic acids is 2. The fourth-order valence-corrected chi connectivity index (χ4v) is 6.55. The number of likely N-dealkylation sites (N-methyl/N-ethyl adjacent to an activating group) is 1. The number of halogens is 1. The van der Waals surface area contributed by atoms with Crippen LogP contribution in [0, 0.1) is 0 Å². The van der Waals surface area contributed by atoms with Gasteiger partial charge >= 0.3 is 0 Å². The van der Waals surface area contributed by atoms with Crippen LogP contribution in [-0.2, 0) is 4.79 Å². The lowest BCUT2D eigenvalue weighted by molar-refractivity contribution is -0.120. The highest BCUT2D eigenvalue weighted by Gasteiger charge is 2.42. The van der Waals surface area contributed by atoms with Crippen molar-refractivity contribution in [3.8, 4) is 5.75 Å². The van der Waals surface area contributed by atoms with Crippen molar-refractivity contribution < 1.29 is 14.3 Å². The number of hydrogen-bond acceptors (Lipinski definition) is 8. The molecule has 2 N–H and O–H groups in total. The Hall–Kier alpha value is -2.67. The van der Waals surface area contributed by atoms with Crippen LogP contribution >= 0.6 is 22.9 Å². The van der Waals surface area contributed by atoms with E-state index in [1.807, 2.05) is 13.0 Å². The molecule has 0 spiro atoms. The normalized spacial score (nSPS) is 20.7. The van der Waals surface area contributed by atoms with Crippen molar-refractivity contribution in [3.63, 3.8) is 0 Å². The Morgan fingerprint density at radius 2 is 1.90 bits per heavy atom. The zero-order valence-corrected chi connectivity index (χ0v) is 25.1. The van der Waals surface area contributed by atoms with E-state index in [1.165, 1.54) is 12.8 Å². The second-order valence-corrected chi connectivity index (χ2v) is 11.8. The van der Waals surface area contributed by atoms with Crippen LogP contribution in [0.4, 0.5) is 23.1 Å². The van der Waals surface area contributed by atoms with Gasteiger partial charge in [0.2, 0.25) is 11.9 Å². The number of anilines is 4. The van der Waals surface area contributed by atoms with Crippen LogP contribution in [0.1, 0.15) is 69.2 Å². The Labute approximate surface area is 244 Å². The highest BCUT2D eigenvalue weighted by Crippen LogP contribution is 2.41. The molecule has 2 aromatic rings. The monoisotopic (exact) mass is 647 g/mol. The van der Waals surface area contributed by atoms with Crippen LogP contribution in [-0.4, -0.2) is 69.8 Å². The summed E-state index contributed by atoms with van der Waals surface area (Å²) in [6.07, 6.45) is 8.83. The number of carbonyl (C=O) groups is 2. The average Bonchev–Trinajstić information content (AvgIpc) is 3.48. The summed E-state index contributed by atoms with van der Waals surface area (Å²) in [5, 5.41) is 6.46. The van der Waals surface area contributed by atoms with E-state index in [-0.39, 0.29) is 23.9 Å². The van der Waals surface area contributed by atoms with Crippen LogP contribution in [0.25, 0.3) is 0 Å². The van der Waals surface area contributed by atoms with Gasteiger partial charge in [0, 0.05) is 60.1 Å². The van der Waals surface area contributed by atoms with Gasteiger partial charge in [0.1, 0.15) is 17.5 Å². The number of amides is 2. The summed E-state index contributed by atoms with van der Waals surface area (Å²) in [5.74, 6) is 1.80. The maximum Gasteiger partial charge on any atom is 0.251 e. The van der Waals surface area contributed by atoms with Crippen LogP contribution in [0.3, 0.4) is 0 Å². The number of nitrogens with one attached hydrogen (secondary N) is 2. The molecule has 210 valence electrons. The molecule has 5 rings (SSSR count). The van der Waals surface area contributed by atoms with Crippen molar-refractivity contribution in [1.29, 1.82) is 0 Å². The quantitative estimate of drug-likeness (QED) is 0.315. The lowest BCUT2D eigenvalue weighted by Gasteiger charge is -2.44. The number of piperidine rings is 1. The van der Waals surface area contributed by atoms with Gasteiger partial charge < -0.3 is 25.2 Å². The summed E-state index contributed by atoms with van der Waals surface area (Å²) >= 11 is 2.33. The predicted octanol–water partition coefficient (Wildman–Crippen LogP) is 4.67.